The maximum absolute atomic E-state index is 2.74. The van der Waals surface area contributed by atoms with E-state index in [9.17, 15) is 0 Å². The maximum atomic E-state index is 2.74. The van der Waals surface area contributed by atoms with Gasteiger partial charge < -0.3 is 9.13 Å². The van der Waals surface area contributed by atoms with Gasteiger partial charge in [-0.1, -0.05) is 48.0 Å². The zero-order valence-electron chi connectivity index (χ0n) is 12.3. The first kappa shape index (κ1) is 16.1. The van der Waals surface area contributed by atoms with Crippen LogP contribution in [-0.4, -0.2) is 44.4 Å². The molecule has 0 heterocycles. The lowest BCUT2D eigenvalue weighted by atomic mass is 10.2. The van der Waals surface area contributed by atoms with E-state index in [2.05, 4.69) is 50.7 Å². The Kier molecular flexibility index (Phi) is 9.28. The van der Waals surface area contributed by atoms with E-state index in [0.29, 0.717) is 0 Å². The van der Waals surface area contributed by atoms with Gasteiger partial charge in [-0.15, -0.1) is 0 Å². The van der Waals surface area contributed by atoms with Crippen LogP contribution in [0.2, 0.25) is 6.04 Å². The van der Waals surface area contributed by atoms with Gasteiger partial charge in [0.25, 0.3) is 0 Å². The van der Waals surface area contributed by atoms with Gasteiger partial charge in [0.05, 0.1) is 0 Å². The van der Waals surface area contributed by atoms with Crippen molar-refractivity contribution < 1.29 is 0 Å². The molecule has 0 aromatic heterocycles. The largest absolute Gasteiger partial charge is 0.315 e. The summed E-state index contributed by atoms with van der Waals surface area (Å²) in [6, 6.07) is 1.44. The van der Waals surface area contributed by atoms with Crippen LogP contribution in [0.4, 0.5) is 0 Å². The molecule has 3 heteroatoms. The lowest BCUT2D eigenvalue weighted by Gasteiger charge is -2.37. The molecular formula is C13H32N2Si. The molecule has 0 bridgehead atoms. The van der Waals surface area contributed by atoms with Gasteiger partial charge in [0.2, 0.25) is 0 Å². The van der Waals surface area contributed by atoms with E-state index in [0.717, 1.165) is 5.92 Å². The van der Waals surface area contributed by atoms with Crippen LogP contribution in [0.15, 0.2) is 0 Å². The first-order valence-electron chi connectivity index (χ1n) is 7.12. The van der Waals surface area contributed by atoms with Gasteiger partial charge >= 0.3 is 0 Å². The van der Waals surface area contributed by atoms with Crippen molar-refractivity contribution in [2.75, 3.05) is 26.2 Å². The molecule has 0 aliphatic carbocycles. The van der Waals surface area contributed by atoms with Gasteiger partial charge in [-0.05, 0) is 38.1 Å². The van der Waals surface area contributed by atoms with Crippen LogP contribution in [0.1, 0.15) is 48.0 Å². The lowest BCUT2D eigenvalue weighted by molar-refractivity contribution is 0.367. The summed E-state index contributed by atoms with van der Waals surface area (Å²) >= 11 is 0. The van der Waals surface area contributed by atoms with Crippen molar-refractivity contribution in [1.29, 1.82) is 0 Å². The highest BCUT2D eigenvalue weighted by Crippen LogP contribution is 2.16. The summed E-state index contributed by atoms with van der Waals surface area (Å²) in [5.74, 6) is 0.887. The molecule has 1 atom stereocenters. The van der Waals surface area contributed by atoms with Crippen molar-refractivity contribution in [1.82, 2.24) is 9.13 Å². The Morgan fingerprint density at radius 1 is 0.812 bits per heavy atom. The minimum absolute atomic E-state index is 0.873. The molecule has 1 unspecified atom stereocenters. The lowest BCUT2D eigenvalue weighted by Crippen LogP contribution is -2.53. The smallest absolute Gasteiger partial charge is 0.190 e. The fraction of sp³-hybridized carbons (Fsp3) is 1.00. The second kappa shape index (κ2) is 9.20. The van der Waals surface area contributed by atoms with Crippen LogP contribution in [0, 0.1) is 5.92 Å². The number of hydrogen-bond acceptors (Lipinski definition) is 2. The Morgan fingerprint density at radius 2 is 1.19 bits per heavy atom. The minimum Gasteiger partial charge on any atom is -0.315 e. The summed E-state index contributed by atoms with van der Waals surface area (Å²) in [5, 5.41) is 0. The predicted molar refractivity (Wildman–Crippen MR) is 77.3 cm³/mol. The van der Waals surface area contributed by atoms with E-state index in [1.807, 2.05) is 0 Å². The van der Waals surface area contributed by atoms with Crippen LogP contribution in [0.25, 0.3) is 0 Å². The summed E-state index contributed by atoms with van der Waals surface area (Å²) in [7, 11) is -0.873. The van der Waals surface area contributed by atoms with Gasteiger partial charge in [0, 0.05) is 0 Å². The highest BCUT2D eigenvalue weighted by Gasteiger charge is 2.25. The third kappa shape index (κ3) is 4.98. The Morgan fingerprint density at radius 3 is 1.44 bits per heavy atom. The van der Waals surface area contributed by atoms with Crippen molar-refractivity contribution in [2.24, 2.45) is 5.92 Å². The molecule has 0 aliphatic heterocycles. The molecule has 0 aromatic carbocycles. The molecule has 98 valence electrons. The normalized spacial score (nSPS) is 14.1. The number of hydrogen-bond donors (Lipinski definition) is 0. The quantitative estimate of drug-likeness (QED) is 0.576. The van der Waals surface area contributed by atoms with E-state index in [1.165, 1.54) is 38.6 Å². The zero-order valence-corrected chi connectivity index (χ0v) is 13.4. The standard InChI is InChI=1S/C13H32N2Si/c1-7-13(6)12-16(14(8-2)9-3)15(10-4)11-5/h13,16H,7-12H2,1-6H3. The van der Waals surface area contributed by atoms with Gasteiger partial charge in [0.15, 0.2) is 9.12 Å². The van der Waals surface area contributed by atoms with Crippen molar-refractivity contribution in [3.05, 3.63) is 0 Å². The number of nitrogens with zero attached hydrogens (tertiary/aromatic N) is 2. The van der Waals surface area contributed by atoms with E-state index in [1.54, 1.807) is 0 Å². The number of rotatable bonds is 9. The molecule has 0 aromatic rings. The van der Waals surface area contributed by atoms with Crippen molar-refractivity contribution >= 4 is 9.12 Å². The average molecular weight is 244 g/mol. The molecule has 2 nitrogen and oxygen atoms in total. The minimum atomic E-state index is -0.873. The molecule has 0 N–H and O–H groups in total. The summed E-state index contributed by atoms with van der Waals surface area (Å²) in [6.07, 6.45) is 1.33. The van der Waals surface area contributed by atoms with Crippen LogP contribution in [0.5, 0.6) is 0 Å². The molecule has 0 spiro atoms. The SMILES string of the molecule is CCC(C)C[SiH](N(CC)CC)N(CC)CC. The Hall–Kier alpha value is 0.137. The van der Waals surface area contributed by atoms with Crippen molar-refractivity contribution in [3.63, 3.8) is 0 Å². The molecule has 0 aliphatic rings. The highest BCUT2D eigenvalue weighted by atomic mass is 28.3. The summed E-state index contributed by atoms with van der Waals surface area (Å²) in [4.78, 5) is 0. The molecule has 16 heavy (non-hydrogen) atoms. The molecule has 0 radical (unpaired) electrons. The molecule has 0 rings (SSSR count). The van der Waals surface area contributed by atoms with Crippen LogP contribution in [0.3, 0.4) is 0 Å². The summed E-state index contributed by atoms with van der Waals surface area (Å²) < 4.78 is 5.47. The van der Waals surface area contributed by atoms with E-state index >= 15 is 0 Å². The first-order chi connectivity index (χ1) is 7.64. The van der Waals surface area contributed by atoms with Gasteiger partial charge in [0.1, 0.15) is 0 Å². The molecular weight excluding hydrogens is 212 g/mol. The zero-order chi connectivity index (χ0) is 12.6. The van der Waals surface area contributed by atoms with Gasteiger partial charge in [-0.25, -0.2) is 0 Å². The predicted octanol–water partition coefficient (Wildman–Crippen LogP) is 2.94. The molecule has 0 saturated carbocycles. The van der Waals surface area contributed by atoms with E-state index in [-0.39, 0.29) is 0 Å². The van der Waals surface area contributed by atoms with Gasteiger partial charge in [-0.2, -0.15) is 0 Å². The summed E-state index contributed by atoms with van der Waals surface area (Å²) in [5.41, 5.74) is 0. The van der Waals surface area contributed by atoms with Crippen molar-refractivity contribution in [2.45, 2.75) is 54.0 Å². The topological polar surface area (TPSA) is 6.48 Å². The molecule has 0 amide bonds. The molecule has 0 fully saturated rings. The Balaban J connectivity index is 4.58. The monoisotopic (exact) mass is 244 g/mol. The third-order valence-corrected chi connectivity index (χ3v) is 8.15. The van der Waals surface area contributed by atoms with E-state index in [4.69, 9.17) is 0 Å². The van der Waals surface area contributed by atoms with Crippen LogP contribution >= 0.6 is 0 Å². The fourth-order valence-corrected chi connectivity index (χ4v) is 6.14. The Bertz CT molecular complexity index is 144. The highest BCUT2D eigenvalue weighted by molar-refractivity contribution is 6.52. The molecule has 0 saturated heterocycles. The maximum Gasteiger partial charge on any atom is 0.190 e. The second-order valence-electron chi connectivity index (χ2n) is 4.67. The third-order valence-electron chi connectivity index (χ3n) is 3.78. The van der Waals surface area contributed by atoms with Crippen molar-refractivity contribution in [3.8, 4) is 0 Å². The van der Waals surface area contributed by atoms with Gasteiger partial charge in [-0.3, -0.25) is 0 Å². The fourth-order valence-electron chi connectivity index (χ4n) is 2.35. The van der Waals surface area contributed by atoms with Crippen LogP contribution < -0.4 is 0 Å². The van der Waals surface area contributed by atoms with Crippen LogP contribution in [-0.2, 0) is 0 Å². The summed E-state index contributed by atoms with van der Waals surface area (Å²) in [6.45, 7) is 18.9. The first-order valence-corrected chi connectivity index (χ1v) is 8.97. The van der Waals surface area contributed by atoms with E-state index < -0.39 is 9.12 Å². The Labute approximate surface area is 105 Å². The average Bonchev–Trinajstić information content (AvgIpc) is 2.31. The second-order valence-corrected chi connectivity index (χ2v) is 7.57.